The lowest BCUT2D eigenvalue weighted by Gasteiger charge is -2.31. The highest BCUT2D eigenvalue weighted by Gasteiger charge is 2.30. The smallest absolute Gasteiger partial charge is 0.337 e. The average Bonchev–Trinajstić information content (AvgIpc) is 1.99. The van der Waals surface area contributed by atoms with Crippen molar-refractivity contribution in [2.24, 2.45) is 0 Å². The number of aliphatic hydroxyl groups excluding tert-OH is 1. The summed E-state index contributed by atoms with van der Waals surface area (Å²) in [5, 5.41) is 9.28. The molecule has 78 valence electrons. The molecule has 1 heterocycles. The van der Waals surface area contributed by atoms with Crippen LogP contribution in [-0.4, -0.2) is 23.0 Å². The van der Waals surface area contributed by atoms with Crippen LogP contribution in [-0.2, 0) is 14.3 Å². The highest BCUT2D eigenvalue weighted by molar-refractivity contribution is 5.83. The van der Waals surface area contributed by atoms with E-state index >= 15 is 0 Å². The Hall–Kier alpha value is -1.29. The van der Waals surface area contributed by atoms with Crippen LogP contribution in [0.25, 0.3) is 0 Å². The van der Waals surface area contributed by atoms with Crippen LogP contribution < -0.4 is 0 Å². The second kappa shape index (κ2) is 3.84. The largest absolute Gasteiger partial charge is 0.457 e. The Bertz CT molecular complexity index is 278. The quantitative estimate of drug-likeness (QED) is 0.545. The standard InChI is InChI=1S/C10H14O4/c1-4-7(11)5-8-6-9(12)14-10(2,3)13-8/h4,6-7,11H,1,5H2,2-3H3/t7-/m1/s1. The van der Waals surface area contributed by atoms with Gasteiger partial charge in [0.05, 0.1) is 12.2 Å². The second-order valence-corrected chi connectivity index (χ2v) is 3.54. The van der Waals surface area contributed by atoms with Crippen molar-refractivity contribution < 1.29 is 19.4 Å². The molecule has 1 aliphatic rings. The Labute approximate surface area is 82.8 Å². The van der Waals surface area contributed by atoms with Crippen molar-refractivity contribution in [3.63, 3.8) is 0 Å². The first kappa shape index (κ1) is 10.8. The van der Waals surface area contributed by atoms with Crippen molar-refractivity contribution in [3.8, 4) is 0 Å². The Morgan fingerprint density at radius 1 is 1.64 bits per heavy atom. The number of aliphatic hydroxyl groups is 1. The molecule has 0 amide bonds. The molecule has 1 atom stereocenters. The van der Waals surface area contributed by atoms with Crippen molar-refractivity contribution in [2.75, 3.05) is 0 Å². The van der Waals surface area contributed by atoms with Gasteiger partial charge in [-0.25, -0.2) is 4.79 Å². The van der Waals surface area contributed by atoms with Crippen molar-refractivity contribution in [1.82, 2.24) is 0 Å². The molecule has 0 aromatic carbocycles. The lowest BCUT2D eigenvalue weighted by atomic mass is 10.2. The number of cyclic esters (lactones) is 1. The van der Waals surface area contributed by atoms with Gasteiger partial charge >= 0.3 is 5.97 Å². The lowest BCUT2D eigenvalue weighted by Crippen LogP contribution is -2.34. The molecule has 1 aliphatic heterocycles. The molecule has 1 rings (SSSR count). The Morgan fingerprint density at radius 3 is 2.79 bits per heavy atom. The van der Waals surface area contributed by atoms with E-state index in [2.05, 4.69) is 6.58 Å². The zero-order chi connectivity index (χ0) is 10.8. The Kier molecular flexibility index (Phi) is 2.96. The SMILES string of the molecule is C=C[C@@H](O)CC1=CC(=O)OC(C)(C)O1. The van der Waals surface area contributed by atoms with E-state index in [1.807, 2.05) is 0 Å². The van der Waals surface area contributed by atoms with E-state index in [1.165, 1.54) is 12.2 Å². The van der Waals surface area contributed by atoms with Gasteiger partial charge in [0.25, 0.3) is 0 Å². The van der Waals surface area contributed by atoms with Gasteiger partial charge in [-0.15, -0.1) is 6.58 Å². The van der Waals surface area contributed by atoms with E-state index in [4.69, 9.17) is 9.47 Å². The maximum Gasteiger partial charge on any atom is 0.337 e. The summed E-state index contributed by atoms with van der Waals surface area (Å²) in [4.78, 5) is 11.1. The molecular weight excluding hydrogens is 184 g/mol. The number of rotatable bonds is 3. The van der Waals surface area contributed by atoms with Gasteiger partial charge in [-0.05, 0) is 0 Å². The summed E-state index contributed by atoms with van der Waals surface area (Å²) in [6, 6.07) is 0. The molecule has 0 aromatic rings. The van der Waals surface area contributed by atoms with Crippen LogP contribution >= 0.6 is 0 Å². The molecule has 0 fully saturated rings. The minimum atomic E-state index is -0.956. The predicted octanol–water partition coefficient (Wildman–Crippen LogP) is 1.12. The Morgan fingerprint density at radius 2 is 2.29 bits per heavy atom. The molecule has 0 unspecified atom stereocenters. The third kappa shape index (κ3) is 2.88. The zero-order valence-corrected chi connectivity index (χ0v) is 8.32. The fraction of sp³-hybridized carbons (Fsp3) is 0.500. The minimum Gasteiger partial charge on any atom is -0.457 e. The fourth-order valence-electron chi connectivity index (χ4n) is 1.16. The predicted molar refractivity (Wildman–Crippen MR) is 50.2 cm³/mol. The molecule has 0 saturated heterocycles. The molecule has 4 heteroatoms. The van der Waals surface area contributed by atoms with Gasteiger partial charge < -0.3 is 14.6 Å². The van der Waals surface area contributed by atoms with Crippen LogP contribution in [0, 0.1) is 0 Å². The lowest BCUT2D eigenvalue weighted by molar-refractivity contribution is -0.206. The summed E-state index contributed by atoms with van der Waals surface area (Å²) in [6.07, 6.45) is 2.15. The van der Waals surface area contributed by atoms with Crippen LogP contribution in [0.4, 0.5) is 0 Å². The molecule has 14 heavy (non-hydrogen) atoms. The maximum absolute atomic E-state index is 11.1. The van der Waals surface area contributed by atoms with E-state index in [9.17, 15) is 9.90 Å². The van der Waals surface area contributed by atoms with Gasteiger partial charge in [0.15, 0.2) is 0 Å². The van der Waals surface area contributed by atoms with Crippen LogP contribution in [0.3, 0.4) is 0 Å². The van der Waals surface area contributed by atoms with Gasteiger partial charge in [0.1, 0.15) is 5.76 Å². The highest BCUT2D eigenvalue weighted by atomic mass is 16.7. The van der Waals surface area contributed by atoms with Crippen LogP contribution in [0.15, 0.2) is 24.5 Å². The van der Waals surface area contributed by atoms with Crippen molar-refractivity contribution >= 4 is 5.97 Å². The molecule has 4 nitrogen and oxygen atoms in total. The monoisotopic (exact) mass is 198 g/mol. The van der Waals surface area contributed by atoms with Crippen LogP contribution in [0.1, 0.15) is 20.3 Å². The molecule has 0 bridgehead atoms. The molecule has 0 aliphatic carbocycles. The number of ether oxygens (including phenoxy) is 2. The number of esters is 1. The molecule has 0 saturated carbocycles. The third-order valence-electron chi connectivity index (χ3n) is 1.68. The van der Waals surface area contributed by atoms with Gasteiger partial charge in [0, 0.05) is 20.3 Å². The van der Waals surface area contributed by atoms with Gasteiger partial charge in [-0.1, -0.05) is 6.08 Å². The molecular formula is C10H14O4. The van der Waals surface area contributed by atoms with Crippen molar-refractivity contribution in [3.05, 3.63) is 24.5 Å². The van der Waals surface area contributed by atoms with Gasteiger partial charge in [0.2, 0.25) is 5.79 Å². The van der Waals surface area contributed by atoms with E-state index in [1.54, 1.807) is 13.8 Å². The summed E-state index contributed by atoms with van der Waals surface area (Å²) in [6.45, 7) is 6.71. The topological polar surface area (TPSA) is 55.8 Å². The summed E-state index contributed by atoms with van der Waals surface area (Å²) < 4.78 is 10.2. The highest BCUT2D eigenvalue weighted by Crippen LogP contribution is 2.24. The number of carbonyl (C=O) groups excluding carboxylic acids is 1. The summed E-state index contributed by atoms with van der Waals surface area (Å²) in [5.74, 6) is -0.992. The zero-order valence-electron chi connectivity index (χ0n) is 8.32. The van der Waals surface area contributed by atoms with E-state index in [-0.39, 0.29) is 6.42 Å². The van der Waals surface area contributed by atoms with Crippen LogP contribution in [0.5, 0.6) is 0 Å². The normalized spacial score (nSPS) is 21.6. The molecule has 0 aromatic heterocycles. The maximum atomic E-state index is 11.1. The van der Waals surface area contributed by atoms with E-state index in [0.717, 1.165) is 0 Å². The molecule has 0 radical (unpaired) electrons. The fourth-order valence-corrected chi connectivity index (χ4v) is 1.16. The number of hydrogen-bond donors (Lipinski definition) is 1. The third-order valence-corrected chi connectivity index (χ3v) is 1.68. The van der Waals surface area contributed by atoms with Gasteiger partial charge in [-0.3, -0.25) is 0 Å². The first-order chi connectivity index (χ1) is 6.43. The second-order valence-electron chi connectivity index (χ2n) is 3.54. The van der Waals surface area contributed by atoms with Crippen molar-refractivity contribution in [1.29, 1.82) is 0 Å². The van der Waals surface area contributed by atoms with E-state index < -0.39 is 17.9 Å². The average molecular weight is 198 g/mol. The van der Waals surface area contributed by atoms with Gasteiger partial charge in [-0.2, -0.15) is 0 Å². The molecule has 1 N–H and O–H groups in total. The first-order valence-corrected chi connectivity index (χ1v) is 4.36. The number of carbonyl (C=O) groups is 1. The minimum absolute atomic E-state index is 0.238. The van der Waals surface area contributed by atoms with Crippen LogP contribution in [0.2, 0.25) is 0 Å². The first-order valence-electron chi connectivity index (χ1n) is 4.36. The Balaban J connectivity index is 2.69. The summed E-state index contributed by atoms with van der Waals surface area (Å²) in [5.41, 5.74) is 0. The summed E-state index contributed by atoms with van der Waals surface area (Å²) in [7, 11) is 0. The summed E-state index contributed by atoms with van der Waals surface area (Å²) >= 11 is 0. The molecule has 0 spiro atoms. The van der Waals surface area contributed by atoms with Crippen molar-refractivity contribution in [2.45, 2.75) is 32.2 Å². The number of hydrogen-bond acceptors (Lipinski definition) is 4. The van der Waals surface area contributed by atoms with E-state index in [0.29, 0.717) is 5.76 Å².